The molecule has 3 aliphatic rings. The van der Waals surface area contributed by atoms with Crippen LogP contribution in [0.5, 0.6) is 5.75 Å². The highest BCUT2D eigenvalue weighted by Gasteiger charge is 2.43. The van der Waals surface area contributed by atoms with E-state index in [1.54, 1.807) is 36.7 Å². The minimum Gasteiger partial charge on any atom is -0.497 e. The van der Waals surface area contributed by atoms with Gasteiger partial charge in [0.15, 0.2) is 5.78 Å². The first-order chi connectivity index (χ1) is 43.7. The van der Waals surface area contributed by atoms with Gasteiger partial charge in [0.1, 0.15) is 53.6 Å². The Balaban J connectivity index is 1.01. The van der Waals surface area contributed by atoms with Gasteiger partial charge in [-0.25, -0.2) is 8.78 Å². The van der Waals surface area contributed by atoms with Crippen molar-refractivity contribution in [2.75, 3.05) is 26.7 Å². The number of Topliss-reactive ketones (excluding diaryl/α,β-unsaturated/α-hetero) is 1. The van der Waals surface area contributed by atoms with E-state index in [1.807, 2.05) is 18.2 Å². The molecule has 91 heavy (non-hydrogen) atoms. The molecule has 5 heterocycles. The van der Waals surface area contributed by atoms with E-state index in [-0.39, 0.29) is 63.4 Å². The van der Waals surface area contributed by atoms with E-state index < -0.39 is 107 Å². The molecule has 9 atom stereocenters. The fraction of sp³-hybridized carbons (Fsp3) is 0.456. The number of benzene rings is 4. The number of ether oxygens (including phenoxy) is 1. The van der Waals surface area contributed by atoms with E-state index >= 15 is 9.59 Å². The van der Waals surface area contributed by atoms with Crippen molar-refractivity contribution in [1.29, 1.82) is 0 Å². The van der Waals surface area contributed by atoms with Gasteiger partial charge < -0.3 is 61.5 Å². The van der Waals surface area contributed by atoms with Gasteiger partial charge in [0.05, 0.1) is 19.3 Å². The summed E-state index contributed by atoms with van der Waals surface area (Å²) in [5.41, 5.74) is 4.74. The van der Waals surface area contributed by atoms with Crippen molar-refractivity contribution in [3.63, 3.8) is 0 Å². The SMILES string of the molecule is COc1ccc(C[C@@H]2NC(=O)[C@H]([C@@H](C)O)NC(=O)[C@@H]3CCCN3C(=O)[C@H](Cc3c[nH]c4ccc(F)cc34)NC(=O)[C@H](Cc3c[nH]c4ccc(F)cc34)NC(=O)[C@@H](C)CC(=O)[C@H](C)NC(=O)CCCCc3cccc(c3)CCCCNC(=O)[C@@H]3CCCN3C2=O)cc1. The molecule has 23 heteroatoms. The number of nitrogens with zero attached hydrogens (tertiary/aromatic N) is 2. The number of carbonyl (C=O) groups excluding carboxylic acids is 9. The van der Waals surface area contributed by atoms with Gasteiger partial charge in [0.2, 0.25) is 47.3 Å². The second-order valence-electron chi connectivity index (χ2n) is 24.4. The van der Waals surface area contributed by atoms with Crippen LogP contribution in [-0.4, -0.2) is 153 Å². The van der Waals surface area contributed by atoms with E-state index in [9.17, 15) is 47.4 Å². The lowest BCUT2D eigenvalue weighted by Gasteiger charge is -2.32. The van der Waals surface area contributed by atoms with Gasteiger partial charge >= 0.3 is 0 Å². The van der Waals surface area contributed by atoms with Gasteiger partial charge in [-0.15, -0.1) is 0 Å². The third-order valence-corrected chi connectivity index (χ3v) is 17.6. The van der Waals surface area contributed by atoms with Crippen molar-refractivity contribution in [3.8, 4) is 5.75 Å². The van der Waals surface area contributed by atoms with E-state index in [0.29, 0.717) is 95.7 Å². The molecule has 21 nitrogen and oxygen atoms in total. The quantitative estimate of drug-likeness (QED) is 0.0951. The fourth-order valence-corrected chi connectivity index (χ4v) is 12.5. The van der Waals surface area contributed by atoms with E-state index in [2.05, 4.69) is 47.9 Å². The van der Waals surface area contributed by atoms with Crippen molar-refractivity contribution < 1.29 is 61.8 Å². The molecule has 0 unspecified atom stereocenters. The molecule has 0 radical (unpaired) electrons. The van der Waals surface area contributed by atoms with Crippen molar-refractivity contribution in [1.82, 2.24) is 51.7 Å². The highest BCUT2D eigenvalue weighted by molar-refractivity contribution is 5.99. The standard InChI is InChI=1S/C68H82F2N10O11/c1-39-30-59(82)40(2)74-60(83)18-6-5-12-42-14-9-15-43(31-42)13-7-8-27-71-64(86)57-16-10-28-79(57)67(89)55(32-44-19-23-49(91-4)24-20-44)77-66(88)61(41(3)81)78-65(87)58-17-11-29-80(58)68(90)56(34-46-38-73-53-26-22-48(70)36-51(46)53)76-63(85)54(75-62(39)84)33-45-37-72-52-25-21-47(69)35-50(45)52/h9,14-15,19-26,31,35-41,54-58,61,72-73,81H,5-8,10-13,16-18,27-30,32-34H2,1-4H3,(H,71,86)(H,74,83)(H,75,84)(H,76,85)(H,77,88)(H,78,87)/t39-,40-,41+,54-,55-,56-,57-,58-,61-/m0/s1. The summed E-state index contributed by atoms with van der Waals surface area (Å²) in [6, 6.07) is 14.2. The normalized spacial score (nSPS) is 24.3. The Kier molecular flexibility index (Phi) is 22.4. The van der Waals surface area contributed by atoms with Crippen LogP contribution in [0.15, 0.2) is 97.3 Å². The van der Waals surface area contributed by atoms with Crippen molar-refractivity contribution in [2.24, 2.45) is 5.92 Å². The molecule has 2 bridgehead atoms. The average Bonchev–Trinajstić information content (AvgIpc) is 2.24. The number of halogens is 2. The number of rotatable bonds is 8. The lowest BCUT2D eigenvalue weighted by Crippen LogP contribution is -2.61. The number of aliphatic hydroxyl groups excluding tert-OH is 1. The monoisotopic (exact) mass is 1250 g/mol. The van der Waals surface area contributed by atoms with E-state index in [0.717, 1.165) is 24.0 Å². The third-order valence-electron chi connectivity index (χ3n) is 17.6. The number of H-pyrrole nitrogens is 2. The summed E-state index contributed by atoms with van der Waals surface area (Å²) in [5, 5.41) is 28.9. The number of aromatic amines is 2. The molecule has 8 amide bonds. The van der Waals surface area contributed by atoms with Crippen LogP contribution in [0, 0.1) is 17.6 Å². The molecule has 0 aliphatic carbocycles. The second kappa shape index (κ2) is 30.7. The zero-order valence-corrected chi connectivity index (χ0v) is 51.8. The summed E-state index contributed by atoms with van der Waals surface area (Å²) in [5.74, 6) is -7.36. The first kappa shape index (κ1) is 66.4. The minimum absolute atomic E-state index is 0.000157. The molecule has 484 valence electrons. The van der Waals surface area contributed by atoms with Gasteiger partial charge in [-0.1, -0.05) is 43.3 Å². The summed E-state index contributed by atoms with van der Waals surface area (Å²) in [4.78, 5) is 138. The Morgan fingerprint density at radius 3 is 1.70 bits per heavy atom. The van der Waals surface area contributed by atoms with Crippen LogP contribution < -0.4 is 36.6 Å². The van der Waals surface area contributed by atoms with E-state index in [1.165, 1.54) is 74.1 Å². The number of fused-ring (bicyclic) bond motifs is 6. The van der Waals surface area contributed by atoms with Crippen LogP contribution in [0.4, 0.5) is 8.78 Å². The molecule has 6 aromatic rings. The van der Waals surface area contributed by atoms with Crippen LogP contribution in [-0.2, 0) is 75.3 Å². The summed E-state index contributed by atoms with van der Waals surface area (Å²) in [6.07, 6.45) is 6.33. The Morgan fingerprint density at radius 2 is 1.11 bits per heavy atom. The molecule has 4 aromatic carbocycles. The fourth-order valence-electron chi connectivity index (χ4n) is 12.5. The molecule has 9 rings (SSSR count). The van der Waals surface area contributed by atoms with Gasteiger partial charge in [0.25, 0.3) is 0 Å². The lowest BCUT2D eigenvalue weighted by atomic mass is 9.97. The number of aromatic nitrogens is 2. The molecule has 3 aliphatic heterocycles. The maximum Gasteiger partial charge on any atom is 0.246 e. The summed E-state index contributed by atoms with van der Waals surface area (Å²) in [7, 11) is 1.51. The van der Waals surface area contributed by atoms with Crippen LogP contribution in [0.3, 0.4) is 0 Å². The van der Waals surface area contributed by atoms with Crippen molar-refractivity contribution in [2.45, 2.75) is 165 Å². The topological polar surface area (TPSA) is 293 Å². The first-order valence-corrected chi connectivity index (χ1v) is 31.6. The Morgan fingerprint density at radius 1 is 0.571 bits per heavy atom. The van der Waals surface area contributed by atoms with Gasteiger partial charge in [-0.3, -0.25) is 43.2 Å². The summed E-state index contributed by atoms with van der Waals surface area (Å²) < 4.78 is 35.1. The molecule has 2 fully saturated rings. The van der Waals surface area contributed by atoms with Crippen LogP contribution in [0.2, 0.25) is 0 Å². The third kappa shape index (κ3) is 17.1. The molecule has 2 aromatic heterocycles. The van der Waals surface area contributed by atoms with Crippen LogP contribution in [0.25, 0.3) is 21.8 Å². The van der Waals surface area contributed by atoms with Crippen molar-refractivity contribution >= 4 is 74.8 Å². The van der Waals surface area contributed by atoms with Gasteiger partial charge in [0, 0.05) is 91.9 Å². The first-order valence-electron chi connectivity index (χ1n) is 31.6. The molecule has 0 saturated carbocycles. The highest BCUT2D eigenvalue weighted by Crippen LogP contribution is 2.27. The largest absolute Gasteiger partial charge is 0.497 e. The molecular weight excluding hydrogens is 1170 g/mol. The summed E-state index contributed by atoms with van der Waals surface area (Å²) in [6.45, 7) is 4.92. The van der Waals surface area contributed by atoms with Crippen LogP contribution in [0.1, 0.15) is 113 Å². The molecular formula is C68H82F2N10O11. The Labute approximate surface area is 526 Å². The highest BCUT2D eigenvalue weighted by atomic mass is 19.1. The Bertz CT molecular complexity index is 3630. The number of ketones is 1. The Hall–Kier alpha value is -8.99. The number of amides is 8. The number of aliphatic hydroxyl groups is 1. The van der Waals surface area contributed by atoms with Crippen molar-refractivity contribution in [3.05, 3.63) is 137 Å². The molecule has 9 N–H and O–H groups in total. The zero-order valence-electron chi connectivity index (χ0n) is 51.8. The molecule has 2 saturated heterocycles. The summed E-state index contributed by atoms with van der Waals surface area (Å²) >= 11 is 0. The lowest BCUT2D eigenvalue weighted by molar-refractivity contribution is -0.144. The number of aryl methyl sites for hydroxylation is 2. The molecule has 0 spiro atoms. The average molecular weight is 1250 g/mol. The number of hydrogen-bond acceptors (Lipinski definition) is 11. The smallest absolute Gasteiger partial charge is 0.246 e. The van der Waals surface area contributed by atoms with Gasteiger partial charge in [-0.05, 0) is 154 Å². The minimum atomic E-state index is -1.67. The predicted octanol–water partition coefficient (Wildman–Crippen LogP) is 5.23. The predicted molar refractivity (Wildman–Crippen MR) is 336 cm³/mol. The van der Waals surface area contributed by atoms with Gasteiger partial charge in [-0.2, -0.15) is 0 Å². The second-order valence-corrected chi connectivity index (χ2v) is 24.4. The van der Waals surface area contributed by atoms with E-state index in [4.69, 9.17) is 4.74 Å². The number of nitrogens with one attached hydrogen (secondary N) is 8. The van der Waals surface area contributed by atoms with Crippen LogP contribution >= 0.6 is 0 Å². The number of methoxy groups -OCH3 is 1. The zero-order chi connectivity index (χ0) is 64.9. The maximum absolute atomic E-state index is 15.3. The number of hydrogen-bond donors (Lipinski definition) is 9. The maximum atomic E-state index is 15.3. The number of carbonyl (C=O) groups is 9.